The fraction of sp³-hybridized carbons (Fsp3) is 0.385. The molecule has 2 aliphatic rings. The fourth-order valence-corrected chi connectivity index (χ4v) is 6.28. The van der Waals surface area contributed by atoms with Crippen molar-refractivity contribution in [3.8, 4) is 22.4 Å². The first-order chi connectivity index (χ1) is 16.6. The molecule has 2 aromatic heterocycles. The minimum atomic E-state index is 0.414. The molecule has 4 heterocycles. The number of anilines is 1. The van der Waals surface area contributed by atoms with Gasteiger partial charge in [0.25, 0.3) is 0 Å². The molecule has 2 fully saturated rings. The van der Waals surface area contributed by atoms with E-state index in [1.807, 2.05) is 6.20 Å². The lowest BCUT2D eigenvalue weighted by atomic mass is 10.0. The van der Waals surface area contributed by atoms with Gasteiger partial charge in [0.05, 0.1) is 22.0 Å². The summed E-state index contributed by atoms with van der Waals surface area (Å²) < 4.78 is 1.22. The van der Waals surface area contributed by atoms with Gasteiger partial charge in [0, 0.05) is 24.3 Å². The summed E-state index contributed by atoms with van der Waals surface area (Å²) in [5.74, 6) is 1.08. The van der Waals surface area contributed by atoms with E-state index in [0.29, 0.717) is 12.1 Å². The molecule has 0 radical (unpaired) electrons. The number of likely N-dealkylation sites (tertiary alicyclic amines) is 1. The summed E-state index contributed by atoms with van der Waals surface area (Å²) in [7, 11) is 4.40. The van der Waals surface area contributed by atoms with Crippen molar-refractivity contribution in [1.82, 2.24) is 24.7 Å². The third-order valence-corrected chi connectivity index (χ3v) is 8.47. The van der Waals surface area contributed by atoms with Crippen molar-refractivity contribution in [2.24, 2.45) is 0 Å². The monoisotopic (exact) mass is 470 g/mol. The molecule has 6 nitrogen and oxygen atoms in total. The molecule has 0 saturated carbocycles. The van der Waals surface area contributed by atoms with Crippen molar-refractivity contribution in [2.45, 2.75) is 37.8 Å². The van der Waals surface area contributed by atoms with Gasteiger partial charge < -0.3 is 15.1 Å². The van der Waals surface area contributed by atoms with Gasteiger partial charge >= 0.3 is 0 Å². The van der Waals surface area contributed by atoms with Crippen LogP contribution >= 0.6 is 11.3 Å². The van der Waals surface area contributed by atoms with E-state index in [1.54, 1.807) is 11.3 Å². The average Bonchev–Trinajstić information content (AvgIpc) is 3.64. The molecule has 8 heteroatoms. The minimum Gasteiger partial charge on any atom is -0.360 e. The van der Waals surface area contributed by atoms with E-state index in [4.69, 9.17) is 9.97 Å². The number of aromatic amines is 1. The number of H-pyrrole nitrogens is 1. The van der Waals surface area contributed by atoms with Crippen LogP contribution in [0.3, 0.4) is 0 Å². The summed E-state index contributed by atoms with van der Waals surface area (Å²) in [4.78, 5) is 17.9. The predicted molar refractivity (Wildman–Crippen MR) is 144 cm³/mol. The van der Waals surface area contributed by atoms with Crippen LogP contribution in [0.15, 0.2) is 48.7 Å². The summed E-state index contributed by atoms with van der Waals surface area (Å²) in [5.41, 5.74) is 5.67. The zero-order chi connectivity index (χ0) is 23.1. The molecule has 0 spiro atoms. The molecule has 2 aromatic carbocycles. The van der Waals surface area contributed by atoms with Crippen LogP contribution in [0, 0.1) is 0 Å². The first-order valence-electron chi connectivity index (χ1n) is 12.3. The number of fused-ring (bicyclic) bond motifs is 1. The molecular weight excluding hydrogens is 439 g/mol. The number of thiazole rings is 1. The highest BCUT2D eigenvalue weighted by Gasteiger charge is 2.25. The molecule has 34 heavy (non-hydrogen) atoms. The smallest absolute Gasteiger partial charge is 0.185 e. The van der Waals surface area contributed by atoms with Gasteiger partial charge in [-0.3, -0.25) is 4.90 Å². The molecule has 174 valence electrons. The summed E-state index contributed by atoms with van der Waals surface area (Å²) in [6.07, 6.45) is 7.02. The highest BCUT2D eigenvalue weighted by atomic mass is 32.1. The normalized spacial score (nSPS) is 21.6. The SMILES string of the molecule is BN1CCC[C@H]1CNc1nc2ccc(-c3ccc(-c4c[nH]c([C@@H]5CCCN5C)n4)cc3)cc2s1. The maximum Gasteiger partial charge on any atom is 0.185 e. The van der Waals surface area contributed by atoms with Crippen LogP contribution in [-0.2, 0) is 0 Å². The zero-order valence-electron chi connectivity index (χ0n) is 19.9. The Morgan fingerprint density at radius 2 is 1.82 bits per heavy atom. The average molecular weight is 470 g/mol. The Labute approximate surface area is 205 Å². The van der Waals surface area contributed by atoms with E-state index in [9.17, 15) is 0 Å². The van der Waals surface area contributed by atoms with Gasteiger partial charge in [-0.1, -0.05) is 41.7 Å². The van der Waals surface area contributed by atoms with E-state index in [2.05, 4.69) is 77.5 Å². The van der Waals surface area contributed by atoms with Gasteiger partial charge in [-0.05, 0) is 69.1 Å². The van der Waals surface area contributed by atoms with Gasteiger partial charge in [-0.25, -0.2) is 9.97 Å². The highest BCUT2D eigenvalue weighted by molar-refractivity contribution is 7.22. The molecule has 0 bridgehead atoms. The van der Waals surface area contributed by atoms with Crippen molar-refractivity contribution in [3.05, 3.63) is 54.5 Å². The first-order valence-corrected chi connectivity index (χ1v) is 13.2. The van der Waals surface area contributed by atoms with Crippen LogP contribution in [0.25, 0.3) is 32.6 Å². The Hall–Kier alpha value is -2.68. The third-order valence-electron chi connectivity index (χ3n) is 7.50. The van der Waals surface area contributed by atoms with Crippen LogP contribution < -0.4 is 5.32 Å². The molecule has 0 unspecified atom stereocenters. The Morgan fingerprint density at radius 3 is 2.59 bits per heavy atom. The van der Waals surface area contributed by atoms with Gasteiger partial charge in [-0.2, -0.15) is 0 Å². The minimum absolute atomic E-state index is 0.414. The molecule has 6 rings (SSSR count). The third kappa shape index (κ3) is 4.26. The van der Waals surface area contributed by atoms with Crippen LogP contribution in [-0.4, -0.2) is 65.4 Å². The van der Waals surface area contributed by atoms with Gasteiger partial charge in [0.15, 0.2) is 13.1 Å². The van der Waals surface area contributed by atoms with Gasteiger partial charge in [0.2, 0.25) is 0 Å². The molecular formula is C26H31BN6S. The second kappa shape index (κ2) is 9.17. The Kier molecular flexibility index (Phi) is 5.89. The highest BCUT2D eigenvalue weighted by Crippen LogP contribution is 2.33. The van der Waals surface area contributed by atoms with E-state index in [1.165, 1.54) is 48.1 Å². The number of nitrogens with zero attached hydrogens (tertiary/aromatic N) is 4. The van der Waals surface area contributed by atoms with Crippen LogP contribution in [0.2, 0.25) is 0 Å². The molecule has 2 N–H and O–H groups in total. The largest absolute Gasteiger partial charge is 0.360 e. The number of benzene rings is 2. The molecule has 2 saturated heterocycles. The molecule has 2 atom stereocenters. The Morgan fingerprint density at radius 1 is 1.03 bits per heavy atom. The number of imidazole rings is 1. The zero-order valence-corrected chi connectivity index (χ0v) is 20.7. The molecule has 0 amide bonds. The van der Waals surface area contributed by atoms with Gasteiger partial charge in [0.1, 0.15) is 5.82 Å². The number of aromatic nitrogens is 3. The number of rotatable bonds is 6. The van der Waals surface area contributed by atoms with Crippen molar-refractivity contribution < 1.29 is 0 Å². The summed E-state index contributed by atoms with van der Waals surface area (Å²) in [6.45, 7) is 3.32. The van der Waals surface area contributed by atoms with E-state index in [0.717, 1.165) is 40.8 Å². The van der Waals surface area contributed by atoms with E-state index >= 15 is 0 Å². The Bertz CT molecular complexity index is 1280. The van der Waals surface area contributed by atoms with Crippen molar-refractivity contribution in [2.75, 3.05) is 32.0 Å². The van der Waals surface area contributed by atoms with Crippen LogP contribution in [0.5, 0.6) is 0 Å². The van der Waals surface area contributed by atoms with Gasteiger partial charge in [-0.15, -0.1) is 0 Å². The van der Waals surface area contributed by atoms with Crippen LogP contribution in [0.4, 0.5) is 5.13 Å². The second-order valence-electron chi connectivity index (χ2n) is 9.75. The van der Waals surface area contributed by atoms with Crippen molar-refractivity contribution in [3.63, 3.8) is 0 Å². The van der Waals surface area contributed by atoms with Crippen LogP contribution in [0.1, 0.15) is 37.5 Å². The first kappa shape index (κ1) is 21.8. The fourth-order valence-electron chi connectivity index (χ4n) is 5.37. The summed E-state index contributed by atoms with van der Waals surface area (Å²) in [5, 5.41) is 4.59. The molecule has 2 aliphatic heterocycles. The lowest BCUT2D eigenvalue weighted by Gasteiger charge is -2.19. The molecule has 4 aromatic rings. The quantitative estimate of drug-likeness (QED) is 0.405. The van der Waals surface area contributed by atoms with Crippen molar-refractivity contribution in [1.29, 1.82) is 0 Å². The summed E-state index contributed by atoms with van der Waals surface area (Å²) in [6, 6.07) is 16.4. The maximum absolute atomic E-state index is 4.90. The number of hydrogen-bond donors (Lipinski definition) is 2. The lowest BCUT2D eigenvalue weighted by molar-refractivity contribution is 0.307. The standard InChI is InChI=1S/C26H31BN6S/c1-32-12-3-5-23(32)25-28-16-22(30-25)18-8-6-17(7-9-18)19-10-11-21-24(14-19)34-26(31-21)29-15-20-4-2-13-33(20)27/h6-11,14,16,20,23H,2-5,12-13,15,27H2,1H3,(H,28,30)(H,29,31)/t20-,23-/m0/s1. The van der Waals surface area contributed by atoms with E-state index in [-0.39, 0.29) is 0 Å². The number of nitrogens with one attached hydrogen (secondary N) is 2. The lowest BCUT2D eigenvalue weighted by Crippen LogP contribution is -2.32. The molecule has 0 aliphatic carbocycles. The van der Waals surface area contributed by atoms with E-state index < -0.39 is 0 Å². The Balaban J connectivity index is 1.17. The topological polar surface area (TPSA) is 60.1 Å². The number of hydrogen-bond acceptors (Lipinski definition) is 6. The predicted octanol–water partition coefficient (Wildman–Crippen LogP) is 4.54. The second-order valence-corrected chi connectivity index (χ2v) is 10.8. The maximum atomic E-state index is 4.90. The summed E-state index contributed by atoms with van der Waals surface area (Å²) >= 11 is 1.75. The van der Waals surface area contributed by atoms with Crippen molar-refractivity contribution >= 4 is 34.7 Å².